The number of amides is 1. The lowest BCUT2D eigenvalue weighted by Gasteiger charge is -2.13. The van der Waals surface area contributed by atoms with E-state index in [4.69, 9.17) is 20.9 Å². The van der Waals surface area contributed by atoms with Crippen LogP contribution >= 0.6 is 0 Å². The molecule has 0 bridgehead atoms. The minimum Gasteiger partial charge on any atom is -0.502 e. The quantitative estimate of drug-likeness (QED) is 0.590. The number of nitrogens with one attached hydrogen (secondary N) is 1. The number of aliphatic hydroxyl groups excluding tert-OH is 1. The third kappa shape index (κ3) is 4.13. The minimum absolute atomic E-state index is 0.0347. The van der Waals surface area contributed by atoms with Crippen molar-refractivity contribution in [3.8, 4) is 28.6 Å². The van der Waals surface area contributed by atoms with Crippen LogP contribution < -0.4 is 10.1 Å². The molecule has 1 atom stereocenters. The SMILES string of the molecule is [C-]#[N+]c1cc(-c2nc(-c3cccc4c3CC[C@H]4NC(=O)CO)no2)ccc1OC(C)C. The minimum atomic E-state index is -0.534. The normalized spacial score (nSPS) is 14.9. The molecule has 0 saturated carbocycles. The van der Waals surface area contributed by atoms with Crippen molar-refractivity contribution in [1.29, 1.82) is 0 Å². The number of benzene rings is 2. The van der Waals surface area contributed by atoms with Crippen molar-refractivity contribution < 1.29 is 19.2 Å². The summed E-state index contributed by atoms with van der Waals surface area (Å²) in [5, 5.41) is 16.0. The van der Waals surface area contributed by atoms with E-state index in [-0.39, 0.29) is 12.1 Å². The highest BCUT2D eigenvalue weighted by Crippen LogP contribution is 2.38. The number of nitrogens with zero attached hydrogens (tertiary/aromatic N) is 3. The van der Waals surface area contributed by atoms with Crippen LogP contribution in [0.15, 0.2) is 40.9 Å². The summed E-state index contributed by atoms with van der Waals surface area (Å²) in [7, 11) is 0. The van der Waals surface area contributed by atoms with Crippen LogP contribution in [0.5, 0.6) is 5.75 Å². The summed E-state index contributed by atoms with van der Waals surface area (Å²) in [6.07, 6.45) is 1.47. The van der Waals surface area contributed by atoms with Crippen molar-refractivity contribution in [2.45, 2.75) is 38.8 Å². The fraction of sp³-hybridized carbons (Fsp3) is 0.304. The second-order valence-electron chi connectivity index (χ2n) is 7.57. The molecule has 2 aromatic carbocycles. The standard InChI is InChI=1S/C23H22N4O4/c1-13(2)30-20-10-7-14(11-19(20)24-3)23-26-22(27-31-23)17-6-4-5-16-15(17)8-9-18(16)25-21(29)12-28/h4-7,10-11,13,18,28H,8-9,12H2,1-2H3,(H,25,29)/t18-/m1/s1. The molecule has 1 amide bonds. The molecule has 0 fully saturated rings. The van der Waals surface area contributed by atoms with E-state index in [1.54, 1.807) is 18.2 Å². The van der Waals surface area contributed by atoms with Gasteiger partial charge in [0, 0.05) is 11.1 Å². The average Bonchev–Trinajstić information content (AvgIpc) is 3.41. The van der Waals surface area contributed by atoms with Crippen LogP contribution in [0.1, 0.15) is 37.4 Å². The van der Waals surface area contributed by atoms with Gasteiger partial charge >= 0.3 is 0 Å². The number of carbonyl (C=O) groups excluding carboxylic acids is 1. The first-order valence-corrected chi connectivity index (χ1v) is 10.0. The summed E-state index contributed by atoms with van der Waals surface area (Å²) in [4.78, 5) is 19.7. The second-order valence-corrected chi connectivity index (χ2v) is 7.57. The highest BCUT2D eigenvalue weighted by molar-refractivity contribution is 5.78. The zero-order valence-corrected chi connectivity index (χ0v) is 17.3. The summed E-state index contributed by atoms with van der Waals surface area (Å²) < 4.78 is 11.2. The number of aliphatic hydroxyl groups is 1. The molecule has 8 nitrogen and oxygen atoms in total. The van der Waals surface area contributed by atoms with Crippen LogP contribution in [0.2, 0.25) is 0 Å². The third-order valence-electron chi connectivity index (χ3n) is 5.11. The molecule has 158 valence electrons. The maximum absolute atomic E-state index is 11.6. The molecule has 4 rings (SSSR count). The largest absolute Gasteiger partial charge is 0.502 e. The Kier molecular flexibility index (Phi) is 5.69. The van der Waals surface area contributed by atoms with Gasteiger partial charge in [0.05, 0.1) is 18.7 Å². The van der Waals surface area contributed by atoms with Gasteiger partial charge in [-0.25, -0.2) is 4.85 Å². The van der Waals surface area contributed by atoms with Crippen molar-refractivity contribution >= 4 is 11.6 Å². The first-order valence-electron chi connectivity index (χ1n) is 10.0. The van der Waals surface area contributed by atoms with Crippen LogP contribution in [0.25, 0.3) is 27.7 Å². The van der Waals surface area contributed by atoms with Gasteiger partial charge in [0.2, 0.25) is 17.4 Å². The second kappa shape index (κ2) is 8.58. The summed E-state index contributed by atoms with van der Waals surface area (Å²) in [5.41, 5.74) is 3.92. The summed E-state index contributed by atoms with van der Waals surface area (Å²) in [6.45, 7) is 10.7. The summed E-state index contributed by atoms with van der Waals surface area (Å²) >= 11 is 0. The van der Waals surface area contributed by atoms with Crippen molar-refractivity contribution in [1.82, 2.24) is 15.5 Å². The Hall–Kier alpha value is -3.70. The van der Waals surface area contributed by atoms with Crippen molar-refractivity contribution in [3.05, 3.63) is 58.9 Å². The number of hydrogen-bond acceptors (Lipinski definition) is 6. The molecule has 1 aliphatic carbocycles. The van der Waals surface area contributed by atoms with Gasteiger partial charge in [-0.15, -0.1) is 0 Å². The summed E-state index contributed by atoms with van der Waals surface area (Å²) in [6, 6.07) is 10.8. The van der Waals surface area contributed by atoms with Gasteiger partial charge < -0.3 is 19.7 Å². The third-order valence-corrected chi connectivity index (χ3v) is 5.11. The van der Waals surface area contributed by atoms with Crippen LogP contribution in [0.3, 0.4) is 0 Å². The van der Waals surface area contributed by atoms with Crippen molar-refractivity contribution in [2.24, 2.45) is 0 Å². The summed E-state index contributed by atoms with van der Waals surface area (Å²) in [5.74, 6) is 0.889. The first kappa shape index (κ1) is 20.6. The van der Waals surface area contributed by atoms with Crippen LogP contribution in [0.4, 0.5) is 5.69 Å². The number of carbonyl (C=O) groups is 1. The van der Waals surface area contributed by atoms with Gasteiger partial charge in [0.25, 0.3) is 5.89 Å². The lowest BCUT2D eigenvalue weighted by Crippen LogP contribution is -2.29. The van der Waals surface area contributed by atoms with E-state index in [9.17, 15) is 4.79 Å². The monoisotopic (exact) mass is 418 g/mol. The molecule has 1 heterocycles. The van der Waals surface area contributed by atoms with E-state index in [1.165, 1.54) is 0 Å². The Balaban J connectivity index is 1.64. The van der Waals surface area contributed by atoms with Crippen molar-refractivity contribution in [2.75, 3.05) is 6.61 Å². The van der Waals surface area contributed by atoms with Gasteiger partial charge in [-0.1, -0.05) is 23.4 Å². The van der Waals surface area contributed by atoms with Crippen LogP contribution in [-0.2, 0) is 11.2 Å². The molecular formula is C23H22N4O4. The van der Waals surface area contributed by atoms with Gasteiger partial charge in [-0.2, -0.15) is 4.98 Å². The molecule has 0 radical (unpaired) electrons. The molecule has 8 heteroatoms. The van der Waals surface area contributed by atoms with Crippen LogP contribution in [0, 0.1) is 6.57 Å². The van der Waals surface area contributed by atoms with Gasteiger partial charge in [0.15, 0.2) is 0 Å². The Morgan fingerprint density at radius 3 is 2.97 bits per heavy atom. The number of aromatic nitrogens is 2. The number of rotatable bonds is 6. The molecule has 0 saturated heterocycles. The number of fused-ring (bicyclic) bond motifs is 1. The molecule has 0 spiro atoms. The zero-order chi connectivity index (χ0) is 22.0. The molecule has 3 aromatic rings. The Bertz CT molecular complexity index is 1160. The Morgan fingerprint density at radius 1 is 1.39 bits per heavy atom. The van der Waals surface area contributed by atoms with E-state index in [0.29, 0.717) is 28.7 Å². The van der Waals surface area contributed by atoms with Crippen molar-refractivity contribution in [3.63, 3.8) is 0 Å². The fourth-order valence-electron chi connectivity index (χ4n) is 3.80. The predicted molar refractivity (Wildman–Crippen MR) is 113 cm³/mol. The molecule has 1 aliphatic rings. The average molecular weight is 418 g/mol. The molecule has 0 aliphatic heterocycles. The van der Waals surface area contributed by atoms with E-state index in [0.717, 1.165) is 29.5 Å². The van der Waals surface area contributed by atoms with Gasteiger partial charge in [-0.3, -0.25) is 4.79 Å². The van der Waals surface area contributed by atoms with E-state index < -0.39 is 12.5 Å². The smallest absolute Gasteiger partial charge is 0.256 e. The highest BCUT2D eigenvalue weighted by Gasteiger charge is 2.27. The fourth-order valence-corrected chi connectivity index (χ4v) is 3.80. The maximum atomic E-state index is 11.6. The lowest BCUT2D eigenvalue weighted by atomic mass is 10.0. The maximum Gasteiger partial charge on any atom is 0.256 e. The topological polar surface area (TPSA) is 102 Å². The van der Waals surface area contributed by atoms with Gasteiger partial charge in [0.1, 0.15) is 12.4 Å². The zero-order valence-electron chi connectivity index (χ0n) is 17.3. The number of hydrogen-bond donors (Lipinski definition) is 2. The molecule has 2 N–H and O–H groups in total. The molecule has 0 unspecified atom stereocenters. The molecular weight excluding hydrogens is 396 g/mol. The molecule has 1 aromatic heterocycles. The Morgan fingerprint density at radius 2 is 2.23 bits per heavy atom. The highest BCUT2D eigenvalue weighted by atomic mass is 16.5. The Labute approximate surface area is 179 Å². The predicted octanol–water partition coefficient (Wildman–Crippen LogP) is 3.84. The lowest BCUT2D eigenvalue weighted by molar-refractivity contribution is -0.124. The van der Waals surface area contributed by atoms with E-state index in [1.807, 2.05) is 32.0 Å². The van der Waals surface area contributed by atoms with E-state index in [2.05, 4.69) is 20.3 Å². The first-order chi connectivity index (χ1) is 15.0. The van der Waals surface area contributed by atoms with E-state index >= 15 is 0 Å². The van der Waals surface area contributed by atoms with Crippen LogP contribution in [-0.4, -0.2) is 33.9 Å². The van der Waals surface area contributed by atoms with Gasteiger partial charge in [-0.05, 0) is 56.0 Å². The number of ether oxygens (including phenoxy) is 1. The molecule has 31 heavy (non-hydrogen) atoms.